The first-order valence-corrected chi connectivity index (χ1v) is 16.7. The van der Waals surface area contributed by atoms with Gasteiger partial charge in [-0.05, 0) is 59.0 Å². The van der Waals surface area contributed by atoms with Gasteiger partial charge < -0.3 is 19.9 Å². The fourth-order valence-electron chi connectivity index (χ4n) is 4.57. The summed E-state index contributed by atoms with van der Waals surface area (Å²) in [6, 6.07) is 0. The van der Waals surface area contributed by atoms with E-state index in [1.165, 1.54) is 103 Å². The van der Waals surface area contributed by atoms with E-state index >= 15 is 0 Å². The third kappa shape index (κ3) is 29.5. The molecule has 0 spiro atoms. The number of unbranched alkanes of at least 4 members (excludes halogenated alkanes) is 15. The zero-order valence-corrected chi connectivity index (χ0v) is 26.7. The number of carbonyl (C=O) groups is 1. The van der Waals surface area contributed by atoms with Gasteiger partial charge in [-0.25, -0.2) is 4.79 Å². The first-order chi connectivity index (χ1) is 19.1. The number of likely N-dealkylation sites (N-methyl/N-ethyl adjacent to an activating group) is 1. The fourth-order valence-corrected chi connectivity index (χ4v) is 4.57. The van der Waals surface area contributed by atoms with Crippen molar-refractivity contribution in [2.45, 2.75) is 136 Å². The molecule has 0 rings (SSSR count). The minimum Gasteiger partial charge on any atom is -0.448 e. The summed E-state index contributed by atoms with van der Waals surface area (Å²) in [7, 11) is 4.13. The van der Waals surface area contributed by atoms with Gasteiger partial charge in [0.2, 0.25) is 0 Å². The van der Waals surface area contributed by atoms with E-state index in [9.17, 15) is 4.79 Å². The normalized spacial score (nSPS) is 11.8. The Labute approximate surface area is 244 Å². The van der Waals surface area contributed by atoms with E-state index in [1.54, 1.807) is 0 Å². The topological polar surface area (TPSA) is 44.8 Å². The summed E-state index contributed by atoms with van der Waals surface area (Å²) in [5, 5.41) is 3.34. The van der Waals surface area contributed by atoms with E-state index in [-0.39, 0.29) is 6.09 Å². The Morgan fingerprint density at radius 2 is 1.10 bits per heavy atom. The summed E-state index contributed by atoms with van der Waals surface area (Å²) in [6.45, 7) is 9.25. The van der Waals surface area contributed by atoms with Crippen LogP contribution in [0.3, 0.4) is 0 Å². The predicted octanol–water partition coefficient (Wildman–Crippen LogP) is 9.14. The molecule has 0 unspecified atom stereocenters. The van der Waals surface area contributed by atoms with Gasteiger partial charge in [0.05, 0.1) is 0 Å². The third-order valence-corrected chi connectivity index (χ3v) is 7.16. The number of carbonyl (C=O) groups excluding carboxylic acids is 1. The van der Waals surface area contributed by atoms with Crippen molar-refractivity contribution in [1.29, 1.82) is 0 Å². The van der Waals surface area contributed by atoms with Crippen LogP contribution < -0.4 is 5.32 Å². The average Bonchev–Trinajstić information content (AvgIpc) is 2.92. The highest BCUT2D eigenvalue weighted by molar-refractivity contribution is 5.67. The molecule has 0 aromatic carbocycles. The summed E-state index contributed by atoms with van der Waals surface area (Å²) >= 11 is 0. The van der Waals surface area contributed by atoms with E-state index in [0.717, 1.165) is 52.0 Å². The maximum absolute atomic E-state index is 12.7. The molecule has 5 nitrogen and oxygen atoms in total. The van der Waals surface area contributed by atoms with Crippen molar-refractivity contribution < 1.29 is 9.53 Å². The molecule has 0 fully saturated rings. The van der Waals surface area contributed by atoms with Crippen LogP contribution in [-0.2, 0) is 4.74 Å². The Hall–Kier alpha value is -1.33. The molecule has 230 valence electrons. The van der Waals surface area contributed by atoms with Crippen LogP contribution in [0.15, 0.2) is 24.3 Å². The van der Waals surface area contributed by atoms with Crippen molar-refractivity contribution in [2.75, 3.05) is 53.4 Å². The van der Waals surface area contributed by atoms with Crippen molar-refractivity contribution in [1.82, 2.24) is 15.1 Å². The van der Waals surface area contributed by atoms with Crippen LogP contribution in [0, 0.1) is 0 Å². The van der Waals surface area contributed by atoms with Crippen molar-refractivity contribution in [3.63, 3.8) is 0 Å². The number of nitrogens with one attached hydrogen (secondary N) is 1. The zero-order chi connectivity index (χ0) is 28.7. The largest absolute Gasteiger partial charge is 0.448 e. The summed E-state index contributed by atoms with van der Waals surface area (Å²) in [6.07, 6.45) is 33.0. The van der Waals surface area contributed by atoms with E-state index < -0.39 is 0 Å². The summed E-state index contributed by atoms with van der Waals surface area (Å²) in [4.78, 5) is 16.9. The molecule has 0 atom stereocenters. The van der Waals surface area contributed by atoms with E-state index in [0.29, 0.717) is 6.61 Å². The summed E-state index contributed by atoms with van der Waals surface area (Å²) in [5.74, 6) is 0. The van der Waals surface area contributed by atoms with Crippen LogP contribution in [-0.4, -0.2) is 69.3 Å². The average molecular weight is 550 g/mol. The fraction of sp³-hybridized carbons (Fsp3) is 0.853. The van der Waals surface area contributed by atoms with Crippen molar-refractivity contribution >= 4 is 6.09 Å². The Balaban J connectivity index is 4.01. The Bertz CT molecular complexity index is 563. The molecule has 5 heteroatoms. The zero-order valence-electron chi connectivity index (χ0n) is 26.7. The SMILES string of the molecule is CCCCC/C=C\C/C=C\CCCCCCCCN(CCCCCCCCC)C(=O)OCCNCCN(C)C. The second-order valence-electron chi connectivity index (χ2n) is 11.4. The summed E-state index contributed by atoms with van der Waals surface area (Å²) in [5.41, 5.74) is 0. The van der Waals surface area contributed by atoms with Gasteiger partial charge >= 0.3 is 6.09 Å². The Kier molecular flexibility index (Phi) is 30.1. The standard InChI is InChI=1S/C34H67N3O2/c1-5-7-9-11-13-14-15-16-17-18-19-20-21-23-25-27-31-37(30-26-24-22-12-10-8-6-2)34(38)39-33-29-35-28-32-36(3)4/h13-14,16-17,35H,5-12,15,18-33H2,1-4H3/b14-13-,17-16-. The quantitative estimate of drug-likeness (QED) is 0.0746. The molecule has 0 aromatic heterocycles. The lowest BCUT2D eigenvalue weighted by Crippen LogP contribution is -2.35. The smallest absolute Gasteiger partial charge is 0.409 e. The molecular weight excluding hydrogens is 482 g/mol. The number of ether oxygens (including phenoxy) is 1. The molecular formula is C34H67N3O2. The molecule has 0 bridgehead atoms. The maximum Gasteiger partial charge on any atom is 0.409 e. The molecule has 0 aliphatic carbocycles. The van der Waals surface area contributed by atoms with Gasteiger partial charge in [-0.3, -0.25) is 0 Å². The lowest BCUT2D eigenvalue weighted by Gasteiger charge is -2.22. The first kappa shape index (κ1) is 37.7. The second-order valence-corrected chi connectivity index (χ2v) is 11.4. The lowest BCUT2D eigenvalue weighted by molar-refractivity contribution is 0.101. The highest BCUT2D eigenvalue weighted by atomic mass is 16.6. The molecule has 0 aliphatic heterocycles. The molecule has 39 heavy (non-hydrogen) atoms. The number of amides is 1. The van der Waals surface area contributed by atoms with Crippen molar-refractivity contribution in [3.05, 3.63) is 24.3 Å². The molecule has 0 saturated carbocycles. The number of allylic oxidation sites excluding steroid dienone is 4. The van der Waals surface area contributed by atoms with Gasteiger partial charge in [0.25, 0.3) is 0 Å². The highest BCUT2D eigenvalue weighted by Gasteiger charge is 2.14. The van der Waals surface area contributed by atoms with Gasteiger partial charge in [-0.2, -0.15) is 0 Å². The molecule has 0 saturated heterocycles. The van der Waals surface area contributed by atoms with E-state index in [1.807, 2.05) is 4.90 Å². The Morgan fingerprint density at radius 3 is 1.67 bits per heavy atom. The van der Waals surface area contributed by atoms with Crippen molar-refractivity contribution in [3.8, 4) is 0 Å². The number of hydrogen-bond donors (Lipinski definition) is 1. The van der Waals surface area contributed by atoms with Crippen LogP contribution in [0.2, 0.25) is 0 Å². The Morgan fingerprint density at radius 1 is 0.615 bits per heavy atom. The number of nitrogens with zero attached hydrogens (tertiary/aromatic N) is 2. The monoisotopic (exact) mass is 550 g/mol. The molecule has 0 radical (unpaired) electrons. The molecule has 1 N–H and O–H groups in total. The van der Waals surface area contributed by atoms with E-state index in [4.69, 9.17) is 4.74 Å². The van der Waals surface area contributed by atoms with Gasteiger partial charge in [0.15, 0.2) is 0 Å². The third-order valence-electron chi connectivity index (χ3n) is 7.16. The van der Waals surface area contributed by atoms with Crippen LogP contribution in [0.4, 0.5) is 4.79 Å². The minimum atomic E-state index is -0.127. The minimum absolute atomic E-state index is 0.127. The molecule has 1 amide bonds. The number of rotatable bonds is 29. The van der Waals surface area contributed by atoms with Crippen LogP contribution in [0.5, 0.6) is 0 Å². The summed E-state index contributed by atoms with van der Waals surface area (Å²) < 4.78 is 5.60. The lowest BCUT2D eigenvalue weighted by atomic mass is 10.1. The first-order valence-electron chi connectivity index (χ1n) is 16.7. The maximum atomic E-state index is 12.7. The van der Waals surface area contributed by atoms with Gasteiger partial charge in [-0.1, -0.05) is 115 Å². The highest BCUT2D eigenvalue weighted by Crippen LogP contribution is 2.11. The van der Waals surface area contributed by atoms with Gasteiger partial charge in [-0.15, -0.1) is 0 Å². The molecule has 0 aliphatic rings. The van der Waals surface area contributed by atoms with Crippen LogP contribution >= 0.6 is 0 Å². The van der Waals surface area contributed by atoms with Gasteiger partial charge in [0, 0.05) is 32.7 Å². The van der Waals surface area contributed by atoms with Gasteiger partial charge in [0.1, 0.15) is 6.61 Å². The van der Waals surface area contributed by atoms with Crippen molar-refractivity contribution in [2.24, 2.45) is 0 Å². The van der Waals surface area contributed by atoms with E-state index in [2.05, 4.69) is 62.5 Å². The second kappa shape index (κ2) is 31.2. The van der Waals surface area contributed by atoms with Crippen LogP contribution in [0.25, 0.3) is 0 Å². The van der Waals surface area contributed by atoms with Crippen LogP contribution in [0.1, 0.15) is 136 Å². The molecule has 0 aromatic rings. The molecule has 0 heterocycles. The number of hydrogen-bond acceptors (Lipinski definition) is 4. The predicted molar refractivity (Wildman–Crippen MR) is 172 cm³/mol.